The van der Waals surface area contributed by atoms with Crippen molar-refractivity contribution in [2.24, 2.45) is 7.05 Å². The third-order valence-electron chi connectivity index (χ3n) is 6.79. The Hall–Kier alpha value is -3.32. The zero-order chi connectivity index (χ0) is 22.9. The molecule has 3 aromatic rings. The second-order valence-corrected chi connectivity index (χ2v) is 8.82. The first-order valence-electron chi connectivity index (χ1n) is 11.5. The minimum absolute atomic E-state index is 0.000788. The van der Waals surface area contributed by atoms with E-state index in [1.54, 1.807) is 0 Å². The van der Waals surface area contributed by atoms with Crippen molar-refractivity contribution in [2.45, 2.75) is 32.0 Å². The van der Waals surface area contributed by atoms with Gasteiger partial charge in [0.15, 0.2) is 0 Å². The largest absolute Gasteiger partial charge is 0.491 e. The molecule has 0 spiro atoms. The van der Waals surface area contributed by atoms with Gasteiger partial charge in [-0.15, -0.1) is 0 Å². The molecule has 1 atom stereocenters. The summed E-state index contributed by atoms with van der Waals surface area (Å²) < 4.78 is 12.9. The fourth-order valence-electron chi connectivity index (χ4n) is 5.03. The second-order valence-electron chi connectivity index (χ2n) is 8.82. The zero-order valence-electron chi connectivity index (χ0n) is 19.1. The highest BCUT2D eigenvalue weighted by Crippen LogP contribution is 2.28. The average Bonchev–Trinajstić information content (AvgIpc) is 3.36. The predicted octanol–water partition coefficient (Wildman–Crippen LogP) is 3.35. The number of rotatable bonds is 4. The highest BCUT2D eigenvalue weighted by atomic mass is 16.5. The van der Waals surface area contributed by atoms with Gasteiger partial charge in [-0.1, -0.05) is 24.3 Å². The molecule has 1 amide bonds. The number of amides is 1. The number of likely N-dealkylation sites (tertiary alicyclic amines) is 1. The first-order valence-corrected chi connectivity index (χ1v) is 11.5. The summed E-state index contributed by atoms with van der Waals surface area (Å²) in [5, 5.41) is 1.06. The lowest BCUT2D eigenvalue weighted by Gasteiger charge is -2.23. The van der Waals surface area contributed by atoms with Gasteiger partial charge in [0.05, 0.1) is 13.7 Å². The van der Waals surface area contributed by atoms with Gasteiger partial charge in [0.1, 0.15) is 24.1 Å². The molecule has 0 N–H and O–H groups in total. The van der Waals surface area contributed by atoms with Gasteiger partial charge in [0.2, 0.25) is 0 Å². The van der Waals surface area contributed by atoms with Crippen LogP contribution in [0.15, 0.2) is 48.5 Å². The van der Waals surface area contributed by atoms with E-state index in [0.717, 1.165) is 47.2 Å². The van der Waals surface area contributed by atoms with E-state index >= 15 is 0 Å². The zero-order valence-corrected chi connectivity index (χ0v) is 19.1. The summed E-state index contributed by atoms with van der Waals surface area (Å²) in [6.45, 7) is 3.02. The van der Waals surface area contributed by atoms with Crippen molar-refractivity contribution in [2.75, 3.05) is 26.8 Å². The van der Waals surface area contributed by atoms with E-state index in [1.165, 1.54) is 7.11 Å². The number of carbonyl (C=O) groups is 2. The Bertz CT molecular complexity index is 1200. The van der Waals surface area contributed by atoms with E-state index in [2.05, 4.69) is 11.0 Å². The molecule has 5 rings (SSSR count). The van der Waals surface area contributed by atoms with Crippen LogP contribution in [0.1, 0.15) is 34.5 Å². The molecule has 0 bridgehead atoms. The van der Waals surface area contributed by atoms with Gasteiger partial charge in [0, 0.05) is 36.6 Å². The van der Waals surface area contributed by atoms with Crippen LogP contribution in [-0.4, -0.2) is 59.1 Å². The third kappa shape index (κ3) is 4.09. The quantitative estimate of drug-likeness (QED) is 0.574. The molecule has 1 aromatic heterocycles. The molecule has 0 radical (unpaired) electrons. The highest BCUT2D eigenvalue weighted by molar-refractivity contribution is 5.98. The maximum Gasteiger partial charge on any atom is 0.323 e. The Morgan fingerprint density at radius 1 is 1.12 bits per heavy atom. The number of hydrogen-bond donors (Lipinski definition) is 0. The Balaban J connectivity index is 1.37. The van der Waals surface area contributed by atoms with Gasteiger partial charge in [-0.25, -0.2) is 0 Å². The highest BCUT2D eigenvalue weighted by Gasteiger charge is 2.31. The number of esters is 1. The summed E-state index contributed by atoms with van der Waals surface area (Å²) in [7, 11) is 3.38. The van der Waals surface area contributed by atoms with Crippen molar-refractivity contribution in [3.63, 3.8) is 0 Å². The van der Waals surface area contributed by atoms with Crippen molar-refractivity contribution in [1.82, 2.24) is 14.4 Å². The predicted molar refractivity (Wildman–Crippen MR) is 125 cm³/mol. The third-order valence-corrected chi connectivity index (χ3v) is 6.79. The molecule has 0 saturated carbocycles. The van der Waals surface area contributed by atoms with Gasteiger partial charge in [-0.05, 0) is 49.2 Å². The number of nitrogens with zero attached hydrogens (tertiary/aromatic N) is 3. The number of aryl methyl sites for hydroxylation is 1. The lowest BCUT2D eigenvalue weighted by atomic mass is 10.1. The van der Waals surface area contributed by atoms with Gasteiger partial charge in [-0.3, -0.25) is 14.5 Å². The number of hydrogen-bond acceptors (Lipinski definition) is 5. The van der Waals surface area contributed by atoms with E-state index in [4.69, 9.17) is 9.47 Å². The number of aromatic nitrogens is 1. The molecule has 1 fully saturated rings. The SMILES string of the molecule is COC(=O)[C@@H]1CCCN1Cc1ccc2c(c1)CN(C(=O)c1cc3ccccc3n1C)CCO2. The number of fused-ring (bicyclic) bond motifs is 2. The average molecular weight is 448 g/mol. The van der Waals surface area contributed by atoms with Crippen molar-refractivity contribution in [1.29, 1.82) is 0 Å². The number of ether oxygens (including phenoxy) is 2. The summed E-state index contributed by atoms with van der Waals surface area (Å²) in [5.74, 6) is 0.648. The molecule has 2 aromatic carbocycles. The lowest BCUT2D eigenvalue weighted by molar-refractivity contribution is -0.146. The Labute approximate surface area is 193 Å². The monoisotopic (exact) mass is 447 g/mol. The standard InChI is InChI=1S/C26H29N3O4/c1-27-21-7-4-3-6-19(21)15-23(27)25(30)29-12-13-33-24-10-9-18(14-20(24)17-29)16-28-11-5-8-22(28)26(31)32-2/h3-4,6-7,9-10,14-15,22H,5,8,11-13,16-17H2,1-2H3/t22-/m0/s1. The summed E-state index contributed by atoms with van der Waals surface area (Å²) >= 11 is 0. The molecule has 2 aliphatic heterocycles. The number of benzene rings is 2. The summed E-state index contributed by atoms with van der Waals surface area (Å²) in [6, 6.07) is 15.9. The van der Waals surface area contributed by atoms with Crippen molar-refractivity contribution >= 4 is 22.8 Å². The molecule has 3 heterocycles. The van der Waals surface area contributed by atoms with Crippen LogP contribution in [0.5, 0.6) is 5.75 Å². The maximum absolute atomic E-state index is 13.5. The second kappa shape index (κ2) is 8.90. The van der Waals surface area contributed by atoms with Crippen LogP contribution in [0, 0.1) is 0 Å². The van der Waals surface area contributed by atoms with E-state index in [-0.39, 0.29) is 17.9 Å². The first-order chi connectivity index (χ1) is 16.0. The minimum atomic E-state index is -0.186. The van der Waals surface area contributed by atoms with Crippen LogP contribution in [0.4, 0.5) is 0 Å². The Morgan fingerprint density at radius 2 is 1.97 bits per heavy atom. The van der Waals surface area contributed by atoms with Crippen LogP contribution < -0.4 is 4.74 Å². The molecular weight excluding hydrogens is 418 g/mol. The van der Waals surface area contributed by atoms with Gasteiger partial charge >= 0.3 is 5.97 Å². The normalized spacial score (nSPS) is 18.6. The maximum atomic E-state index is 13.5. The molecule has 2 aliphatic rings. The molecule has 7 heteroatoms. The van der Waals surface area contributed by atoms with Crippen LogP contribution >= 0.6 is 0 Å². The van der Waals surface area contributed by atoms with Gasteiger partial charge in [-0.2, -0.15) is 0 Å². The number of para-hydroxylation sites is 1. The van der Waals surface area contributed by atoms with E-state index in [1.807, 2.05) is 59.0 Å². The molecule has 0 aliphatic carbocycles. The number of carbonyl (C=O) groups excluding carboxylic acids is 2. The van der Waals surface area contributed by atoms with Crippen molar-refractivity contribution in [3.8, 4) is 5.75 Å². The Morgan fingerprint density at radius 3 is 2.79 bits per heavy atom. The lowest BCUT2D eigenvalue weighted by Crippen LogP contribution is -2.36. The fourth-order valence-corrected chi connectivity index (χ4v) is 5.03. The molecule has 33 heavy (non-hydrogen) atoms. The summed E-state index contributed by atoms with van der Waals surface area (Å²) in [6.07, 6.45) is 1.81. The smallest absolute Gasteiger partial charge is 0.323 e. The molecule has 172 valence electrons. The topological polar surface area (TPSA) is 64.0 Å². The van der Waals surface area contributed by atoms with Crippen LogP contribution in [0.2, 0.25) is 0 Å². The summed E-state index contributed by atoms with van der Waals surface area (Å²) in [4.78, 5) is 29.6. The van der Waals surface area contributed by atoms with E-state index in [9.17, 15) is 9.59 Å². The fraction of sp³-hybridized carbons (Fsp3) is 0.385. The van der Waals surface area contributed by atoms with Crippen LogP contribution in [0.25, 0.3) is 10.9 Å². The minimum Gasteiger partial charge on any atom is -0.491 e. The van der Waals surface area contributed by atoms with E-state index in [0.29, 0.717) is 31.9 Å². The molecule has 1 saturated heterocycles. The van der Waals surface area contributed by atoms with Gasteiger partial charge < -0.3 is 18.9 Å². The number of methoxy groups -OCH3 is 1. The first kappa shape index (κ1) is 21.5. The van der Waals surface area contributed by atoms with Crippen molar-refractivity contribution in [3.05, 3.63) is 65.4 Å². The summed E-state index contributed by atoms with van der Waals surface area (Å²) in [5.41, 5.74) is 3.81. The Kier molecular flexibility index (Phi) is 5.81. The molecule has 0 unspecified atom stereocenters. The van der Waals surface area contributed by atoms with Gasteiger partial charge in [0.25, 0.3) is 5.91 Å². The van der Waals surface area contributed by atoms with Crippen LogP contribution in [-0.2, 0) is 29.7 Å². The van der Waals surface area contributed by atoms with Crippen LogP contribution in [0.3, 0.4) is 0 Å². The molecule has 7 nitrogen and oxygen atoms in total. The van der Waals surface area contributed by atoms with Crippen molar-refractivity contribution < 1.29 is 19.1 Å². The molecular formula is C26H29N3O4. The van der Waals surface area contributed by atoms with E-state index < -0.39 is 0 Å².